The van der Waals surface area contributed by atoms with Crippen LogP contribution in [0.3, 0.4) is 0 Å². The molecule has 1 unspecified atom stereocenters. The van der Waals surface area contributed by atoms with Gasteiger partial charge in [0.25, 0.3) is 0 Å². The molecule has 0 N–H and O–H groups in total. The zero-order valence-corrected chi connectivity index (χ0v) is 21.7. The Morgan fingerprint density at radius 1 is 0.484 bits per heavy atom. The van der Waals surface area contributed by atoms with Crippen molar-refractivity contribution in [2.75, 3.05) is 0 Å². The van der Waals surface area contributed by atoms with Crippen LogP contribution in [0, 0.1) is 5.92 Å². The highest BCUT2D eigenvalue weighted by Crippen LogP contribution is 2.15. The van der Waals surface area contributed by atoms with Gasteiger partial charge >= 0.3 is 0 Å². The van der Waals surface area contributed by atoms with Crippen LogP contribution in [0.25, 0.3) is 0 Å². The Morgan fingerprint density at radius 2 is 0.839 bits per heavy atom. The number of unbranched alkanes of at least 4 members (excludes halogenated alkanes) is 21. The lowest BCUT2D eigenvalue weighted by Crippen LogP contribution is -1.97. The molecule has 0 aliphatic heterocycles. The van der Waals surface area contributed by atoms with Crippen LogP contribution in [0.1, 0.15) is 168 Å². The van der Waals surface area contributed by atoms with Gasteiger partial charge in [-0.2, -0.15) is 0 Å². The topological polar surface area (TPSA) is 17.1 Å². The molecule has 184 valence electrons. The van der Waals surface area contributed by atoms with Crippen LogP contribution < -0.4 is 0 Å². The van der Waals surface area contributed by atoms with Crippen LogP contribution in [-0.2, 0) is 4.79 Å². The molecule has 0 aliphatic rings. The highest BCUT2D eigenvalue weighted by Gasteiger charge is 2.02. The van der Waals surface area contributed by atoms with E-state index in [1.165, 1.54) is 141 Å². The standard InChI is InChI=1S/C30H58O/c1-3-5-7-9-11-13-15-17-19-21-23-25-27-30(29-31)28-26-24-22-20-18-16-14-12-10-8-6-4-2/h25,27,29-30H,3-24,26,28H2,1-2H3. The summed E-state index contributed by atoms with van der Waals surface area (Å²) in [5, 5.41) is 0. The van der Waals surface area contributed by atoms with Gasteiger partial charge in [-0.3, -0.25) is 0 Å². The van der Waals surface area contributed by atoms with Crippen molar-refractivity contribution < 1.29 is 4.79 Å². The molecule has 0 radical (unpaired) electrons. The van der Waals surface area contributed by atoms with Crippen LogP contribution in [0.4, 0.5) is 0 Å². The number of hydrogen-bond donors (Lipinski definition) is 0. The maximum atomic E-state index is 11.3. The van der Waals surface area contributed by atoms with Gasteiger partial charge in [0.1, 0.15) is 6.29 Å². The van der Waals surface area contributed by atoms with Crippen molar-refractivity contribution in [2.45, 2.75) is 168 Å². The number of carbonyl (C=O) groups excluding carboxylic acids is 1. The molecule has 31 heavy (non-hydrogen) atoms. The van der Waals surface area contributed by atoms with Crippen molar-refractivity contribution >= 4 is 6.29 Å². The first-order valence-electron chi connectivity index (χ1n) is 14.5. The molecule has 0 rings (SSSR count). The Kier molecular flexibility index (Phi) is 26.9. The second-order valence-corrected chi connectivity index (χ2v) is 9.88. The third-order valence-corrected chi connectivity index (χ3v) is 6.67. The SMILES string of the molecule is CCCCCCCCCCCCC=CC(C=O)CCCCCCCCCCCCCC. The van der Waals surface area contributed by atoms with E-state index in [2.05, 4.69) is 26.0 Å². The summed E-state index contributed by atoms with van der Waals surface area (Å²) in [4.78, 5) is 11.3. The largest absolute Gasteiger partial charge is 0.303 e. The van der Waals surface area contributed by atoms with Crippen molar-refractivity contribution in [3.8, 4) is 0 Å². The predicted octanol–water partition coefficient (Wildman–Crippen LogP) is 10.8. The molecule has 0 bridgehead atoms. The summed E-state index contributed by atoms with van der Waals surface area (Å²) in [6.07, 6.45) is 38.3. The average molecular weight is 435 g/mol. The molecule has 0 aromatic carbocycles. The minimum atomic E-state index is 0.159. The van der Waals surface area contributed by atoms with E-state index in [4.69, 9.17) is 0 Å². The Hall–Kier alpha value is -0.590. The Balaban J connectivity index is 3.37. The number of allylic oxidation sites excluding steroid dienone is 2. The first-order chi connectivity index (χ1) is 15.3. The van der Waals surface area contributed by atoms with Crippen molar-refractivity contribution in [1.29, 1.82) is 0 Å². The number of hydrogen-bond acceptors (Lipinski definition) is 1. The van der Waals surface area contributed by atoms with Gasteiger partial charge in [0.2, 0.25) is 0 Å². The van der Waals surface area contributed by atoms with Crippen LogP contribution >= 0.6 is 0 Å². The molecule has 0 saturated carbocycles. The van der Waals surface area contributed by atoms with Gasteiger partial charge in [-0.05, 0) is 19.3 Å². The minimum Gasteiger partial charge on any atom is -0.303 e. The molecule has 0 aromatic heterocycles. The van der Waals surface area contributed by atoms with Gasteiger partial charge < -0.3 is 4.79 Å². The van der Waals surface area contributed by atoms with Crippen LogP contribution in [0.5, 0.6) is 0 Å². The highest BCUT2D eigenvalue weighted by atomic mass is 16.1. The summed E-state index contributed by atoms with van der Waals surface area (Å²) >= 11 is 0. The third kappa shape index (κ3) is 25.5. The Bertz CT molecular complexity index is 359. The van der Waals surface area contributed by atoms with Crippen LogP contribution in [-0.4, -0.2) is 6.29 Å². The van der Waals surface area contributed by atoms with Gasteiger partial charge in [0.05, 0.1) is 0 Å². The van der Waals surface area contributed by atoms with E-state index in [1.54, 1.807) is 0 Å². The van der Waals surface area contributed by atoms with Crippen molar-refractivity contribution in [2.24, 2.45) is 5.92 Å². The number of carbonyl (C=O) groups is 1. The average Bonchev–Trinajstić information content (AvgIpc) is 2.79. The molecule has 1 atom stereocenters. The maximum Gasteiger partial charge on any atom is 0.126 e. The molecule has 0 fully saturated rings. The molecule has 0 saturated heterocycles. The first kappa shape index (κ1) is 30.4. The molecule has 0 heterocycles. The maximum absolute atomic E-state index is 11.3. The Morgan fingerprint density at radius 3 is 1.23 bits per heavy atom. The molecule has 0 aliphatic carbocycles. The van der Waals surface area contributed by atoms with E-state index in [0.29, 0.717) is 0 Å². The smallest absolute Gasteiger partial charge is 0.126 e. The fraction of sp³-hybridized carbons (Fsp3) is 0.900. The van der Waals surface area contributed by atoms with E-state index in [-0.39, 0.29) is 5.92 Å². The molecule has 0 amide bonds. The lowest BCUT2D eigenvalue weighted by atomic mass is 9.99. The lowest BCUT2D eigenvalue weighted by molar-refractivity contribution is -0.110. The summed E-state index contributed by atoms with van der Waals surface area (Å²) in [6.45, 7) is 4.57. The van der Waals surface area contributed by atoms with E-state index >= 15 is 0 Å². The van der Waals surface area contributed by atoms with Crippen molar-refractivity contribution in [3.63, 3.8) is 0 Å². The monoisotopic (exact) mass is 434 g/mol. The van der Waals surface area contributed by atoms with Gasteiger partial charge in [-0.25, -0.2) is 0 Å². The molecular formula is C30H58O. The first-order valence-corrected chi connectivity index (χ1v) is 14.5. The van der Waals surface area contributed by atoms with E-state index in [1.807, 2.05) is 0 Å². The quantitative estimate of drug-likeness (QED) is 0.0751. The van der Waals surface area contributed by atoms with Gasteiger partial charge in [0.15, 0.2) is 0 Å². The Labute approximate surface area is 197 Å². The lowest BCUT2D eigenvalue weighted by Gasteiger charge is -2.06. The fourth-order valence-electron chi connectivity index (χ4n) is 4.45. The summed E-state index contributed by atoms with van der Waals surface area (Å²) in [5.41, 5.74) is 0. The fourth-order valence-corrected chi connectivity index (χ4v) is 4.45. The van der Waals surface area contributed by atoms with Gasteiger partial charge in [0, 0.05) is 5.92 Å². The number of rotatable bonds is 26. The zero-order chi connectivity index (χ0) is 22.7. The second kappa shape index (κ2) is 27.4. The molecule has 0 aromatic rings. The normalized spacial score (nSPS) is 12.6. The highest BCUT2D eigenvalue weighted by molar-refractivity contribution is 5.56. The third-order valence-electron chi connectivity index (χ3n) is 6.67. The summed E-state index contributed by atoms with van der Waals surface area (Å²) in [7, 11) is 0. The van der Waals surface area contributed by atoms with Crippen LogP contribution in [0.2, 0.25) is 0 Å². The summed E-state index contributed by atoms with van der Waals surface area (Å²) in [5.74, 6) is 0.159. The summed E-state index contributed by atoms with van der Waals surface area (Å²) < 4.78 is 0. The molecule has 0 spiro atoms. The minimum absolute atomic E-state index is 0.159. The van der Waals surface area contributed by atoms with Crippen molar-refractivity contribution in [1.82, 2.24) is 0 Å². The van der Waals surface area contributed by atoms with Gasteiger partial charge in [-0.15, -0.1) is 0 Å². The second-order valence-electron chi connectivity index (χ2n) is 9.88. The predicted molar refractivity (Wildman–Crippen MR) is 141 cm³/mol. The van der Waals surface area contributed by atoms with Crippen LogP contribution in [0.15, 0.2) is 12.2 Å². The van der Waals surface area contributed by atoms with E-state index in [0.717, 1.165) is 19.1 Å². The van der Waals surface area contributed by atoms with Gasteiger partial charge in [-0.1, -0.05) is 161 Å². The molecule has 1 nitrogen and oxygen atoms in total. The van der Waals surface area contributed by atoms with E-state index in [9.17, 15) is 4.79 Å². The van der Waals surface area contributed by atoms with Crippen molar-refractivity contribution in [3.05, 3.63) is 12.2 Å². The molecular weight excluding hydrogens is 376 g/mol. The summed E-state index contributed by atoms with van der Waals surface area (Å²) in [6, 6.07) is 0. The number of aldehydes is 1. The van der Waals surface area contributed by atoms with E-state index < -0.39 is 0 Å². The molecule has 1 heteroatoms. The zero-order valence-electron chi connectivity index (χ0n) is 21.7.